The fraction of sp³-hybridized carbons (Fsp3) is 0.217. The zero-order valence-corrected chi connectivity index (χ0v) is 17.5. The zero-order valence-electron chi connectivity index (χ0n) is 17.5. The van der Waals surface area contributed by atoms with E-state index in [1.165, 1.54) is 0 Å². The molecule has 2 heterocycles. The molecule has 0 spiro atoms. The van der Waals surface area contributed by atoms with Crippen molar-refractivity contribution in [2.24, 2.45) is 0 Å². The van der Waals surface area contributed by atoms with Crippen LogP contribution in [0.15, 0.2) is 59.4 Å². The highest BCUT2D eigenvalue weighted by molar-refractivity contribution is 6.00. The lowest BCUT2D eigenvalue weighted by molar-refractivity contribution is -0.126. The molecule has 0 bridgehead atoms. The molecule has 0 saturated carbocycles. The van der Waals surface area contributed by atoms with E-state index in [-0.39, 0.29) is 35.6 Å². The number of carbonyl (C=O) groups is 2. The summed E-state index contributed by atoms with van der Waals surface area (Å²) in [4.78, 5) is 44.8. The van der Waals surface area contributed by atoms with Gasteiger partial charge in [-0.25, -0.2) is 0 Å². The van der Waals surface area contributed by atoms with Crippen molar-refractivity contribution < 1.29 is 14.3 Å². The average Bonchev–Trinajstić information content (AvgIpc) is 2.79. The Bertz CT molecular complexity index is 1180. The van der Waals surface area contributed by atoms with Gasteiger partial charge in [0.2, 0.25) is 17.8 Å². The number of fused-ring (bicyclic) bond motifs is 1. The number of amides is 2. The number of nitrogens with zero attached hydrogens (tertiary/aromatic N) is 1. The number of ether oxygens (including phenoxy) is 1. The summed E-state index contributed by atoms with van der Waals surface area (Å²) in [6.45, 7) is 0.402. The second-order valence-corrected chi connectivity index (χ2v) is 7.36. The van der Waals surface area contributed by atoms with E-state index in [0.717, 1.165) is 5.56 Å². The minimum absolute atomic E-state index is 0.0872. The van der Waals surface area contributed by atoms with Gasteiger partial charge in [0.1, 0.15) is 11.6 Å². The van der Waals surface area contributed by atoms with Gasteiger partial charge in [-0.2, -0.15) is 4.98 Å². The predicted octanol–water partition coefficient (Wildman–Crippen LogP) is 2.31. The molecule has 0 radical (unpaired) electrons. The molecule has 9 heteroatoms. The van der Waals surface area contributed by atoms with Crippen molar-refractivity contribution >= 4 is 29.3 Å². The maximum absolute atomic E-state index is 12.8. The summed E-state index contributed by atoms with van der Waals surface area (Å²) in [5, 5.41) is 8.41. The molecule has 32 heavy (non-hydrogen) atoms. The Balaban J connectivity index is 1.50. The zero-order chi connectivity index (χ0) is 22.5. The highest BCUT2D eigenvalue weighted by atomic mass is 16.5. The molecular formula is C23H23N5O4. The minimum atomic E-state index is -0.902. The first-order valence-electron chi connectivity index (χ1n) is 10.2. The van der Waals surface area contributed by atoms with Crippen LogP contribution in [-0.4, -0.2) is 35.4 Å². The summed E-state index contributed by atoms with van der Waals surface area (Å²) < 4.78 is 5.13. The number of benzene rings is 2. The van der Waals surface area contributed by atoms with Crippen molar-refractivity contribution in [1.82, 2.24) is 15.3 Å². The van der Waals surface area contributed by atoms with Crippen molar-refractivity contribution in [1.29, 1.82) is 0 Å². The van der Waals surface area contributed by atoms with E-state index < -0.39 is 11.5 Å². The number of anilines is 3. The number of hydrogen-bond donors (Lipinski definition) is 4. The molecule has 164 valence electrons. The van der Waals surface area contributed by atoms with Gasteiger partial charge >= 0.3 is 0 Å². The Kier molecular flexibility index (Phi) is 6.16. The number of nitrogens with one attached hydrogen (secondary N) is 4. The van der Waals surface area contributed by atoms with Gasteiger partial charge in [0.15, 0.2) is 0 Å². The van der Waals surface area contributed by atoms with E-state index in [4.69, 9.17) is 4.74 Å². The maximum Gasteiger partial charge on any atom is 0.258 e. The van der Waals surface area contributed by atoms with Crippen LogP contribution in [0.3, 0.4) is 0 Å². The second kappa shape index (κ2) is 9.34. The molecule has 9 nitrogen and oxygen atoms in total. The molecule has 1 aromatic heterocycles. The third kappa shape index (κ3) is 4.77. The third-order valence-corrected chi connectivity index (χ3v) is 5.18. The fourth-order valence-corrected chi connectivity index (χ4v) is 3.56. The summed E-state index contributed by atoms with van der Waals surface area (Å²) in [7, 11) is 1.57. The van der Waals surface area contributed by atoms with Crippen LogP contribution in [0.25, 0.3) is 0 Å². The molecule has 0 aliphatic carbocycles. The van der Waals surface area contributed by atoms with Gasteiger partial charge in [-0.15, -0.1) is 0 Å². The quantitative estimate of drug-likeness (QED) is 0.453. The van der Waals surface area contributed by atoms with Crippen molar-refractivity contribution in [3.63, 3.8) is 0 Å². The Labute approximate surface area is 184 Å². The SMILES string of the molecule is COc1ccc(Nc2nc3c(c(=O)[nH]2)[C@H](C(=O)NCCc2ccccc2)CC(=O)N3)cc1. The van der Waals surface area contributed by atoms with Gasteiger partial charge in [-0.1, -0.05) is 30.3 Å². The van der Waals surface area contributed by atoms with Crippen LogP contribution in [-0.2, 0) is 16.0 Å². The largest absolute Gasteiger partial charge is 0.497 e. The smallest absolute Gasteiger partial charge is 0.258 e. The molecule has 1 aliphatic heterocycles. The van der Waals surface area contributed by atoms with Crippen LogP contribution in [0, 0.1) is 0 Å². The van der Waals surface area contributed by atoms with Gasteiger partial charge in [0.25, 0.3) is 5.56 Å². The molecule has 0 fully saturated rings. The monoisotopic (exact) mass is 433 g/mol. The lowest BCUT2D eigenvalue weighted by Gasteiger charge is -2.23. The molecule has 1 aliphatic rings. The topological polar surface area (TPSA) is 125 Å². The number of methoxy groups -OCH3 is 1. The van der Waals surface area contributed by atoms with E-state index in [0.29, 0.717) is 24.4 Å². The van der Waals surface area contributed by atoms with Crippen molar-refractivity contribution in [3.8, 4) is 5.75 Å². The first-order chi connectivity index (χ1) is 15.5. The normalized spacial score (nSPS) is 14.8. The van der Waals surface area contributed by atoms with E-state index >= 15 is 0 Å². The molecule has 3 aromatic rings. The number of rotatable bonds is 7. The average molecular weight is 433 g/mol. The first-order valence-corrected chi connectivity index (χ1v) is 10.2. The first kappa shape index (κ1) is 21.1. The summed E-state index contributed by atoms with van der Waals surface area (Å²) in [5.41, 5.74) is 1.44. The van der Waals surface area contributed by atoms with Crippen molar-refractivity contribution in [3.05, 3.63) is 76.1 Å². The number of aromatic nitrogens is 2. The van der Waals surface area contributed by atoms with E-state index in [1.807, 2.05) is 30.3 Å². The molecular weight excluding hydrogens is 410 g/mol. The van der Waals surface area contributed by atoms with Gasteiger partial charge in [0.05, 0.1) is 18.6 Å². The van der Waals surface area contributed by atoms with Crippen molar-refractivity contribution in [2.45, 2.75) is 18.8 Å². The van der Waals surface area contributed by atoms with E-state index in [2.05, 4.69) is 25.9 Å². The van der Waals surface area contributed by atoms with Gasteiger partial charge < -0.3 is 20.7 Å². The van der Waals surface area contributed by atoms with Gasteiger partial charge in [-0.05, 0) is 36.2 Å². The van der Waals surface area contributed by atoms with Crippen LogP contribution in [0.2, 0.25) is 0 Å². The van der Waals surface area contributed by atoms with Crippen LogP contribution >= 0.6 is 0 Å². The summed E-state index contributed by atoms with van der Waals surface area (Å²) in [6, 6.07) is 16.8. The van der Waals surface area contributed by atoms with E-state index in [1.54, 1.807) is 31.4 Å². The molecule has 4 N–H and O–H groups in total. The Morgan fingerprint density at radius 1 is 1.12 bits per heavy atom. The molecule has 4 rings (SSSR count). The Morgan fingerprint density at radius 3 is 2.59 bits per heavy atom. The molecule has 0 saturated heterocycles. The van der Waals surface area contributed by atoms with Crippen molar-refractivity contribution in [2.75, 3.05) is 24.3 Å². The Hall–Kier alpha value is -4.14. The number of carbonyl (C=O) groups excluding carboxylic acids is 2. The highest BCUT2D eigenvalue weighted by Crippen LogP contribution is 2.29. The molecule has 0 unspecified atom stereocenters. The van der Waals surface area contributed by atoms with Crippen LogP contribution < -0.4 is 26.2 Å². The number of aromatic amines is 1. The van der Waals surface area contributed by atoms with Crippen LogP contribution in [0.1, 0.15) is 23.5 Å². The standard InChI is InChI=1S/C23H23N5O4/c1-32-16-9-7-15(8-10-16)25-23-27-20-19(22(31)28-23)17(13-18(29)26-20)21(30)24-12-11-14-5-3-2-4-6-14/h2-10,17H,11-13H2,1H3,(H,24,30)(H3,25,26,27,28,29,31)/t17-/m1/s1. The molecule has 1 atom stereocenters. The van der Waals surface area contributed by atoms with Gasteiger partial charge in [0, 0.05) is 18.7 Å². The van der Waals surface area contributed by atoms with Crippen LogP contribution in [0.5, 0.6) is 5.75 Å². The van der Waals surface area contributed by atoms with Crippen LogP contribution in [0.4, 0.5) is 17.5 Å². The summed E-state index contributed by atoms with van der Waals surface area (Å²) in [6.07, 6.45) is 0.540. The number of H-pyrrole nitrogens is 1. The summed E-state index contributed by atoms with van der Waals surface area (Å²) in [5.74, 6) is -0.709. The maximum atomic E-state index is 12.8. The van der Waals surface area contributed by atoms with Gasteiger partial charge in [-0.3, -0.25) is 19.4 Å². The lowest BCUT2D eigenvalue weighted by Crippen LogP contribution is -2.39. The summed E-state index contributed by atoms with van der Waals surface area (Å²) >= 11 is 0. The highest BCUT2D eigenvalue weighted by Gasteiger charge is 2.34. The third-order valence-electron chi connectivity index (χ3n) is 5.18. The lowest BCUT2D eigenvalue weighted by atomic mass is 9.92. The second-order valence-electron chi connectivity index (χ2n) is 7.36. The molecule has 2 amide bonds. The fourth-order valence-electron chi connectivity index (χ4n) is 3.56. The van der Waals surface area contributed by atoms with E-state index in [9.17, 15) is 14.4 Å². The minimum Gasteiger partial charge on any atom is -0.497 e. The predicted molar refractivity (Wildman–Crippen MR) is 120 cm³/mol. The Morgan fingerprint density at radius 2 is 1.88 bits per heavy atom. The molecule has 2 aromatic carbocycles. The number of hydrogen-bond acceptors (Lipinski definition) is 6.